The van der Waals surface area contributed by atoms with Gasteiger partial charge in [0.05, 0.1) is 7.11 Å². The first-order valence-corrected chi connectivity index (χ1v) is 4.30. The van der Waals surface area contributed by atoms with Crippen molar-refractivity contribution < 1.29 is 14.3 Å². The molecule has 14 heavy (non-hydrogen) atoms. The van der Waals surface area contributed by atoms with Gasteiger partial charge in [0.25, 0.3) is 5.72 Å². The molecule has 0 fully saturated rings. The Morgan fingerprint density at radius 3 is 2.93 bits per heavy atom. The van der Waals surface area contributed by atoms with Crippen molar-refractivity contribution in [2.24, 2.45) is 5.73 Å². The lowest BCUT2D eigenvalue weighted by atomic mass is 10.1. The molecule has 0 radical (unpaired) electrons. The summed E-state index contributed by atoms with van der Waals surface area (Å²) < 4.78 is 9.93. The molecular weight excluding hydrogens is 182 g/mol. The molecule has 4 nitrogen and oxygen atoms in total. The Hall–Kier alpha value is -1.55. The molecule has 1 aromatic rings. The zero-order valence-corrected chi connectivity index (χ0v) is 7.82. The zero-order valence-electron chi connectivity index (χ0n) is 7.82. The third-order valence-corrected chi connectivity index (χ3v) is 2.25. The number of rotatable bonds is 1. The van der Waals surface area contributed by atoms with Crippen LogP contribution in [0.1, 0.15) is 5.56 Å². The highest BCUT2D eigenvalue weighted by Gasteiger charge is 2.43. The Morgan fingerprint density at radius 1 is 1.57 bits per heavy atom. The third-order valence-electron chi connectivity index (χ3n) is 2.25. The lowest BCUT2D eigenvalue weighted by molar-refractivity contribution is -0.157. The van der Waals surface area contributed by atoms with Crippen LogP contribution in [0.4, 0.5) is 0 Å². The van der Waals surface area contributed by atoms with Gasteiger partial charge in [0.15, 0.2) is 0 Å². The van der Waals surface area contributed by atoms with Crippen molar-refractivity contribution in [3.63, 3.8) is 0 Å². The van der Waals surface area contributed by atoms with Crippen LogP contribution in [0.3, 0.4) is 0 Å². The number of methoxy groups -OCH3 is 1. The van der Waals surface area contributed by atoms with Gasteiger partial charge in [-0.25, -0.2) is 4.79 Å². The predicted molar refractivity (Wildman–Crippen MR) is 49.7 cm³/mol. The molecule has 2 N–H and O–H groups in total. The summed E-state index contributed by atoms with van der Waals surface area (Å²) in [6, 6.07) is 7.38. The van der Waals surface area contributed by atoms with E-state index in [4.69, 9.17) is 10.5 Å². The van der Waals surface area contributed by atoms with E-state index in [9.17, 15) is 4.79 Å². The number of hydrogen-bond acceptors (Lipinski definition) is 4. The van der Waals surface area contributed by atoms with E-state index in [0.717, 1.165) is 5.56 Å². The summed E-state index contributed by atoms with van der Waals surface area (Å²) in [5.74, 6) is 0.106. The smallest absolute Gasteiger partial charge is 0.366 e. The molecule has 1 aliphatic heterocycles. The Balaban J connectivity index is 2.30. The molecule has 0 aromatic heterocycles. The van der Waals surface area contributed by atoms with Crippen molar-refractivity contribution in [3.8, 4) is 5.75 Å². The van der Waals surface area contributed by atoms with Gasteiger partial charge >= 0.3 is 5.97 Å². The second-order valence-electron chi connectivity index (χ2n) is 3.27. The number of benzene rings is 1. The van der Waals surface area contributed by atoms with Crippen LogP contribution in [0.15, 0.2) is 24.3 Å². The maximum absolute atomic E-state index is 11.3. The van der Waals surface area contributed by atoms with Gasteiger partial charge in [-0.3, -0.25) is 5.73 Å². The molecule has 0 saturated carbocycles. The van der Waals surface area contributed by atoms with Gasteiger partial charge in [0.2, 0.25) is 0 Å². The maximum Gasteiger partial charge on any atom is 0.366 e. The van der Waals surface area contributed by atoms with Crippen LogP contribution in [-0.4, -0.2) is 18.8 Å². The molecule has 74 valence electrons. The molecule has 1 aliphatic rings. The standard InChI is InChI=1S/C10H11NO3/c1-13-9(12)10(11)6-7-4-2-3-5-8(7)14-10/h2-5H,6,11H2,1H3. The second kappa shape index (κ2) is 2.99. The van der Waals surface area contributed by atoms with E-state index in [1.165, 1.54) is 7.11 Å². The van der Waals surface area contributed by atoms with Gasteiger partial charge in [0, 0.05) is 12.0 Å². The molecular formula is C10H11NO3. The molecule has 0 aliphatic carbocycles. The summed E-state index contributed by atoms with van der Waals surface area (Å²) in [6.45, 7) is 0. The topological polar surface area (TPSA) is 61.5 Å². The minimum absolute atomic E-state index is 0.357. The lowest BCUT2D eigenvalue weighted by Crippen LogP contribution is -2.52. The van der Waals surface area contributed by atoms with E-state index in [-0.39, 0.29) is 0 Å². The van der Waals surface area contributed by atoms with Crippen LogP contribution in [0.25, 0.3) is 0 Å². The average Bonchev–Trinajstić information content (AvgIpc) is 2.54. The van der Waals surface area contributed by atoms with Crippen molar-refractivity contribution in [2.45, 2.75) is 12.1 Å². The first-order valence-electron chi connectivity index (χ1n) is 4.30. The predicted octanol–water partition coefficient (Wildman–Crippen LogP) is 0.449. The van der Waals surface area contributed by atoms with Gasteiger partial charge in [-0.2, -0.15) is 0 Å². The van der Waals surface area contributed by atoms with Crippen molar-refractivity contribution in [2.75, 3.05) is 7.11 Å². The molecule has 1 heterocycles. The minimum Gasteiger partial charge on any atom is -0.465 e. The fraction of sp³-hybridized carbons (Fsp3) is 0.300. The SMILES string of the molecule is COC(=O)C1(N)Cc2ccccc2O1. The highest BCUT2D eigenvalue weighted by molar-refractivity contribution is 5.80. The number of carbonyl (C=O) groups excluding carboxylic acids is 1. The van der Waals surface area contributed by atoms with Crippen LogP contribution in [-0.2, 0) is 16.0 Å². The Kier molecular flexibility index (Phi) is 1.93. The number of esters is 1. The Labute approximate surface area is 81.6 Å². The number of fused-ring (bicyclic) bond motifs is 1. The normalized spacial score (nSPS) is 23.9. The minimum atomic E-state index is -1.35. The summed E-state index contributed by atoms with van der Waals surface area (Å²) in [5, 5.41) is 0. The van der Waals surface area contributed by atoms with E-state index in [0.29, 0.717) is 12.2 Å². The van der Waals surface area contributed by atoms with E-state index >= 15 is 0 Å². The molecule has 1 atom stereocenters. The van der Waals surface area contributed by atoms with E-state index in [1.807, 2.05) is 18.2 Å². The number of hydrogen-bond donors (Lipinski definition) is 1. The number of nitrogens with two attached hydrogens (primary N) is 1. The fourth-order valence-electron chi connectivity index (χ4n) is 1.55. The number of carbonyl (C=O) groups is 1. The van der Waals surface area contributed by atoms with Crippen molar-refractivity contribution >= 4 is 5.97 Å². The van der Waals surface area contributed by atoms with E-state index in [1.54, 1.807) is 6.07 Å². The Bertz CT molecular complexity index is 350. The molecule has 4 heteroatoms. The largest absolute Gasteiger partial charge is 0.465 e. The summed E-state index contributed by atoms with van der Waals surface area (Å²) >= 11 is 0. The van der Waals surface area contributed by atoms with Crippen LogP contribution in [0, 0.1) is 0 Å². The van der Waals surface area contributed by atoms with Crippen molar-refractivity contribution in [3.05, 3.63) is 29.8 Å². The van der Waals surface area contributed by atoms with Gasteiger partial charge in [-0.15, -0.1) is 0 Å². The molecule has 1 unspecified atom stereocenters. The maximum atomic E-state index is 11.3. The van der Waals surface area contributed by atoms with Gasteiger partial charge in [0.1, 0.15) is 5.75 Å². The van der Waals surface area contributed by atoms with Crippen molar-refractivity contribution in [1.29, 1.82) is 0 Å². The molecule has 1 aromatic carbocycles. The van der Waals surface area contributed by atoms with Crippen LogP contribution >= 0.6 is 0 Å². The highest BCUT2D eigenvalue weighted by atomic mass is 16.6. The van der Waals surface area contributed by atoms with Gasteiger partial charge in [-0.1, -0.05) is 18.2 Å². The summed E-state index contributed by atoms with van der Waals surface area (Å²) in [6.07, 6.45) is 0.357. The molecule has 2 rings (SSSR count). The quantitative estimate of drug-likeness (QED) is 0.658. The zero-order chi connectivity index (χ0) is 10.2. The fourth-order valence-corrected chi connectivity index (χ4v) is 1.55. The number of ether oxygens (including phenoxy) is 2. The van der Waals surface area contributed by atoms with Gasteiger partial charge in [-0.05, 0) is 6.07 Å². The molecule has 0 spiro atoms. The van der Waals surface area contributed by atoms with E-state index < -0.39 is 11.7 Å². The van der Waals surface area contributed by atoms with Crippen LogP contribution in [0.2, 0.25) is 0 Å². The summed E-state index contributed by atoms with van der Waals surface area (Å²) in [5.41, 5.74) is 5.35. The summed E-state index contributed by atoms with van der Waals surface area (Å²) in [4.78, 5) is 11.3. The summed E-state index contributed by atoms with van der Waals surface area (Å²) in [7, 11) is 1.29. The van der Waals surface area contributed by atoms with E-state index in [2.05, 4.69) is 4.74 Å². The first-order chi connectivity index (χ1) is 6.65. The molecule has 0 amide bonds. The van der Waals surface area contributed by atoms with Crippen LogP contribution < -0.4 is 10.5 Å². The molecule has 0 saturated heterocycles. The van der Waals surface area contributed by atoms with Gasteiger partial charge < -0.3 is 9.47 Å². The van der Waals surface area contributed by atoms with Crippen molar-refractivity contribution in [1.82, 2.24) is 0 Å². The number of para-hydroxylation sites is 1. The average molecular weight is 193 g/mol. The van der Waals surface area contributed by atoms with Crippen LogP contribution in [0.5, 0.6) is 5.75 Å². The third kappa shape index (κ3) is 1.24. The molecule has 0 bridgehead atoms. The lowest BCUT2D eigenvalue weighted by Gasteiger charge is -2.19. The monoisotopic (exact) mass is 193 g/mol. The Morgan fingerprint density at radius 2 is 2.29 bits per heavy atom. The first kappa shape index (κ1) is 9.02. The highest BCUT2D eigenvalue weighted by Crippen LogP contribution is 2.32. The second-order valence-corrected chi connectivity index (χ2v) is 3.27.